The van der Waals surface area contributed by atoms with Crippen molar-refractivity contribution in [3.05, 3.63) is 92.2 Å². The van der Waals surface area contributed by atoms with Crippen molar-refractivity contribution in [1.82, 2.24) is 4.57 Å². The molecule has 0 radical (unpaired) electrons. The Bertz CT molecular complexity index is 1630. The van der Waals surface area contributed by atoms with Crippen LogP contribution in [-0.4, -0.2) is 38.0 Å². The van der Waals surface area contributed by atoms with E-state index in [9.17, 15) is 9.59 Å². The van der Waals surface area contributed by atoms with Crippen molar-refractivity contribution < 1.29 is 23.7 Å². The maximum Gasteiger partial charge on any atom is 0.338 e. The molecular formula is C28H26I2N2O6S. The first-order valence-corrected chi connectivity index (χ1v) is 14.9. The van der Waals surface area contributed by atoms with E-state index in [-0.39, 0.29) is 12.2 Å². The predicted molar refractivity (Wildman–Crippen MR) is 168 cm³/mol. The highest BCUT2D eigenvalue weighted by atomic mass is 127. The molecule has 11 heteroatoms. The Morgan fingerprint density at radius 3 is 2.46 bits per heavy atom. The molecule has 3 aromatic rings. The molecule has 0 saturated carbocycles. The highest BCUT2D eigenvalue weighted by Crippen LogP contribution is 2.36. The van der Waals surface area contributed by atoms with Crippen molar-refractivity contribution >= 4 is 68.6 Å². The number of carbonyl (C=O) groups is 1. The number of carbonyl (C=O) groups excluding carboxylic acids is 1. The van der Waals surface area contributed by atoms with E-state index in [0.29, 0.717) is 44.3 Å². The minimum absolute atomic E-state index is 0.197. The number of nitrogens with zero attached hydrogens (tertiary/aromatic N) is 2. The fraction of sp³-hybridized carbons (Fsp3) is 0.250. The van der Waals surface area contributed by atoms with E-state index in [1.165, 1.54) is 18.4 Å². The number of rotatable bonds is 9. The lowest BCUT2D eigenvalue weighted by molar-refractivity contribution is -0.139. The van der Waals surface area contributed by atoms with Gasteiger partial charge in [-0.15, -0.1) is 0 Å². The van der Waals surface area contributed by atoms with Crippen LogP contribution in [0.3, 0.4) is 0 Å². The van der Waals surface area contributed by atoms with Gasteiger partial charge in [0, 0.05) is 0 Å². The number of fused-ring (bicyclic) bond motifs is 1. The van der Waals surface area contributed by atoms with Gasteiger partial charge in [-0.25, -0.2) is 9.79 Å². The molecule has 0 aliphatic carbocycles. The summed E-state index contributed by atoms with van der Waals surface area (Å²) >= 11 is 5.71. The van der Waals surface area contributed by atoms with Crippen LogP contribution in [0, 0.1) is 7.14 Å². The number of benzene rings is 2. The summed E-state index contributed by atoms with van der Waals surface area (Å²) in [4.78, 5) is 32.2. The van der Waals surface area contributed by atoms with Gasteiger partial charge in [0.2, 0.25) is 0 Å². The van der Waals surface area contributed by atoms with Gasteiger partial charge in [-0.2, -0.15) is 0 Å². The molecule has 0 amide bonds. The summed E-state index contributed by atoms with van der Waals surface area (Å²) < 4.78 is 25.9. The summed E-state index contributed by atoms with van der Waals surface area (Å²) in [6.07, 6.45) is 3.53. The van der Waals surface area contributed by atoms with Crippen LogP contribution in [0.5, 0.6) is 17.2 Å². The molecule has 2 heterocycles. The highest BCUT2D eigenvalue weighted by Gasteiger charge is 2.34. The Morgan fingerprint density at radius 1 is 1.15 bits per heavy atom. The molecule has 1 aliphatic rings. The van der Waals surface area contributed by atoms with Crippen LogP contribution in [0.1, 0.15) is 31.0 Å². The number of allylic oxidation sites excluding steroid dienone is 1. The van der Waals surface area contributed by atoms with Crippen molar-refractivity contribution in [1.29, 1.82) is 0 Å². The van der Waals surface area contributed by atoms with E-state index >= 15 is 0 Å². The summed E-state index contributed by atoms with van der Waals surface area (Å²) in [6, 6.07) is 8.50. The molecule has 8 nitrogen and oxygen atoms in total. The minimum atomic E-state index is -0.753. The molecule has 1 aromatic heterocycles. The SMILES string of the molecule is C=CCOc1c(I)cc(C=c2sc3n(c2=O)C(c2ccc(OC)c(OC)c2)C(C(=O)OCC)=C(C)N=3)cc1I. The van der Waals surface area contributed by atoms with Gasteiger partial charge in [-0.3, -0.25) is 9.36 Å². The zero-order valence-electron chi connectivity index (χ0n) is 21.7. The summed E-state index contributed by atoms with van der Waals surface area (Å²) in [5.74, 6) is 1.28. The van der Waals surface area contributed by atoms with Crippen LogP contribution in [-0.2, 0) is 9.53 Å². The standard InChI is InChI=1S/C28H26I2N2O6S/c1-6-10-38-25-18(29)11-16(12-19(25)30)13-22-26(33)32-24(17-8-9-20(35-4)21(14-17)36-5)23(27(34)37-7-2)15(3)31-28(32)39-22/h6,8-9,11-14,24H,1,7,10H2,2-5H3. The Hall–Kier alpha value is -2.65. The van der Waals surface area contributed by atoms with Gasteiger partial charge in [0.1, 0.15) is 12.4 Å². The number of hydrogen-bond acceptors (Lipinski definition) is 8. The molecule has 4 rings (SSSR count). The first-order valence-electron chi connectivity index (χ1n) is 11.9. The van der Waals surface area contributed by atoms with Gasteiger partial charge in [-0.05, 0) is 100 Å². The first-order chi connectivity index (χ1) is 18.7. The monoisotopic (exact) mass is 772 g/mol. The second-order valence-corrected chi connectivity index (χ2v) is 11.7. The van der Waals surface area contributed by atoms with Crippen molar-refractivity contribution in [2.24, 2.45) is 4.99 Å². The topological polar surface area (TPSA) is 88.3 Å². The Labute approximate surface area is 256 Å². The number of methoxy groups -OCH3 is 2. The summed E-state index contributed by atoms with van der Waals surface area (Å²) in [7, 11) is 3.09. The van der Waals surface area contributed by atoms with Gasteiger partial charge in [0.25, 0.3) is 5.56 Å². The molecule has 1 aliphatic heterocycles. The third-order valence-electron chi connectivity index (χ3n) is 5.90. The van der Waals surface area contributed by atoms with E-state index in [0.717, 1.165) is 18.5 Å². The van der Waals surface area contributed by atoms with Gasteiger partial charge in [0.15, 0.2) is 16.3 Å². The van der Waals surface area contributed by atoms with Crippen LogP contribution in [0.25, 0.3) is 6.08 Å². The maximum absolute atomic E-state index is 13.9. The summed E-state index contributed by atoms with van der Waals surface area (Å²) in [5, 5.41) is 0. The van der Waals surface area contributed by atoms with E-state index in [2.05, 4.69) is 56.8 Å². The quantitative estimate of drug-likeness (QED) is 0.180. The number of aromatic nitrogens is 1. The molecule has 204 valence electrons. The average molecular weight is 772 g/mol. The lowest BCUT2D eigenvalue weighted by Gasteiger charge is -2.25. The molecule has 0 fully saturated rings. The smallest absolute Gasteiger partial charge is 0.338 e. The third-order valence-corrected chi connectivity index (χ3v) is 8.49. The molecule has 0 spiro atoms. The van der Waals surface area contributed by atoms with Gasteiger partial charge in [-0.1, -0.05) is 30.1 Å². The zero-order valence-corrected chi connectivity index (χ0v) is 26.9. The maximum atomic E-state index is 13.9. The number of esters is 1. The fourth-order valence-corrected chi connectivity index (χ4v) is 7.40. The Morgan fingerprint density at radius 2 is 1.85 bits per heavy atom. The lowest BCUT2D eigenvalue weighted by Crippen LogP contribution is -2.40. The fourth-order valence-electron chi connectivity index (χ4n) is 4.22. The molecule has 0 bridgehead atoms. The minimum Gasteiger partial charge on any atom is -0.493 e. The van der Waals surface area contributed by atoms with E-state index < -0.39 is 12.0 Å². The molecular weight excluding hydrogens is 746 g/mol. The Kier molecular flexibility index (Phi) is 9.54. The highest BCUT2D eigenvalue weighted by molar-refractivity contribution is 14.1. The average Bonchev–Trinajstić information content (AvgIpc) is 3.21. The summed E-state index contributed by atoms with van der Waals surface area (Å²) in [6.45, 7) is 7.80. The second kappa shape index (κ2) is 12.7. The van der Waals surface area contributed by atoms with Crippen molar-refractivity contribution in [2.45, 2.75) is 19.9 Å². The normalized spacial score (nSPS) is 14.9. The van der Waals surface area contributed by atoms with E-state index in [1.807, 2.05) is 24.3 Å². The van der Waals surface area contributed by atoms with Gasteiger partial charge >= 0.3 is 5.97 Å². The van der Waals surface area contributed by atoms with E-state index in [4.69, 9.17) is 18.9 Å². The largest absolute Gasteiger partial charge is 0.493 e. The second-order valence-electron chi connectivity index (χ2n) is 8.33. The van der Waals surface area contributed by atoms with Gasteiger partial charge in [0.05, 0.1) is 49.8 Å². The molecule has 0 N–H and O–H groups in total. The Balaban J connectivity index is 1.92. The molecule has 1 atom stereocenters. The predicted octanol–water partition coefficient (Wildman–Crippen LogP) is 4.59. The van der Waals surface area contributed by atoms with E-state index in [1.54, 1.807) is 43.7 Å². The number of thiazole rings is 1. The molecule has 39 heavy (non-hydrogen) atoms. The number of ether oxygens (including phenoxy) is 4. The summed E-state index contributed by atoms with van der Waals surface area (Å²) in [5.41, 5.74) is 2.06. The van der Waals surface area contributed by atoms with Crippen molar-refractivity contribution in [3.8, 4) is 17.2 Å². The number of halogens is 2. The van der Waals surface area contributed by atoms with Gasteiger partial charge < -0.3 is 18.9 Å². The molecule has 0 saturated heterocycles. The van der Waals surface area contributed by atoms with Crippen molar-refractivity contribution in [3.63, 3.8) is 0 Å². The number of hydrogen-bond donors (Lipinski definition) is 0. The lowest BCUT2D eigenvalue weighted by atomic mass is 9.95. The van der Waals surface area contributed by atoms with Crippen LogP contribution in [0.4, 0.5) is 0 Å². The van der Waals surface area contributed by atoms with Crippen LogP contribution >= 0.6 is 56.5 Å². The molecule has 2 aromatic carbocycles. The first kappa shape index (κ1) is 29.3. The zero-order chi connectivity index (χ0) is 28.3. The molecule has 1 unspecified atom stereocenters. The van der Waals surface area contributed by atoms with Crippen LogP contribution in [0.2, 0.25) is 0 Å². The van der Waals surface area contributed by atoms with Crippen LogP contribution in [0.15, 0.2) is 64.0 Å². The van der Waals surface area contributed by atoms with Crippen LogP contribution < -0.4 is 29.1 Å². The third kappa shape index (κ3) is 5.94. The van der Waals surface area contributed by atoms with Crippen molar-refractivity contribution in [2.75, 3.05) is 27.4 Å².